The summed E-state index contributed by atoms with van der Waals surface area (Å²) in [6.07, 6.45) is 0.956. The van der Waals surface area contributed by atoms with Gasteiger partial charge < -0.3 is 20.6 Å². The van der Waals surface area contributed by atoms with Crippen LogP contribution >= 0.6 is 8.38 Å². The molecule has 0 amide bonds. The summed E-state index contributed by atoms with van der Waals surface area (Å²) < 4.78 is 0. The summed E-state index contributed by atoms with van der Waals surface area (Å²) in [6, 6.07) is -0.884. The molecule has 0 fully saturated rings. The van der Waals surface area contributed by atoms with Crippen LogP contribution in [0.5, 0.6) is 0 Å². The number of carboxylic acid groups (broad SMARTS) is 1. The molecule has 5 N–H and O–H groups in total. The van der Waals surface area contributed by atoms with E-state index in [4.69, 9.17) is 20.6 Å². The van der Waals surface area contributed by atoms with E-state index in [1.807, 2.05) is 0 Å². The minimum atomic E-state index is -1.90. The van der Waals surface area contributed by atoms with Crippen molar-refractivity contribution in [3.63, 3.8) is 0 Å². The summed E-state index contributed by atoms with van der Waals surface area (Å²) in [5, 5.41) is 8.30. The molecule has 0 aromatic carbocycles. The highest BCUT2D eigenvalue weighted by atomic mass is 31.2. The lowest BCUT2D eigenvalue weighted by Gasteiger charge is -2.05. The molecule has 0 radical (unpaired) electrons. The van der Waals surface area contributed by atoms with Gasteiger partial charge in [0.05, 0.1) is 0 Å². The van der Waals surface area contributed by atoms with Crippen molar-refractivity contribution in [2.24, 2.45) is 5.73 Å². The fourth-order valence-electron chi connectivity index (χ4n) is 0.576. The zero-order chi connectivity index (χ0) is 8.85. The first-order chi connectivity index (χ1) is 5.04. The molecule has 1 atom stereocenters. The van der Waals surface area contributed by atoms with E-state index in [0.29, 0.717) is 6.42 Å². The van der Waals surface area contributed by atoms with Gasteiger partial charge in [-0.25, -0.2) is 0 Å². The molecule has 0 aliphatic carbocycles. The first kappa shape index (κ1) is 10.8. The molecule has 5 nitrogen and oxygen atoms in total. The second-order valence-corrected chi connectivity index (χ2v) is 3.37. The van der Waals surface area contributed by atoms with Gasteiger partial charge in [-0.2, -0.15) is 0 Å². The van der Waals surface area contributed by atoms with Crippen LogP contribution in [-0.4, -0.2) is 33.1 Å². The van der Waals surface area contributed by atoms with E-state index < -0.39 is 20.4 Å². The van der Waals surface area contributed by atoms with Crippen LogP contribution in [0.25, 0.3) is 0 Å². The lowest BCUT2D eigenvalue weighted by atomic mass is 10.2. The van der Waals surface area contributed by atoms with Crippen LogP contribution in [0.15, 0.2) is 0 Å². The lowest BCUT2D eigenvalue weighted by molar-refractivity contribution is -0.138. The van der Waals surface area contributed by atoms with Crippen LogP contribution in [-0.2, 0) is 4.79 Å². The van der Waals surface area contributed by atoms with Crippen molar-refractivity contribution in [2.75, 3.05) is 6.16 Å². The Morgan fingerprint density at radius 1 is 1.55 bits per heavy atom. The highest BCUT2D eigenvalue weighted by Gasteiger charge is 2.11. The molecule has 0 aliphatic rings. The van der Waals surface area contributed by atoms with Crippen molar-refractivity contribution in [3.05, 3.63) is 0 Å². The minimum absolute atomic E-state index is 0.232. The molecule has 0 heterocycles. The van der Waals surface area contributed by atoms with Gasteiger partial charge in [-0.1, -0.05) is 0 Å². The Morgan fingerprint density at radius 2 is 2.09 bits per heavy atom. The third-order valence-electron chi connectivity index (χ3n) is 1.19. The second-order valence-electron chi connectivity index (χ2n) is 2.18. The highest BCUT2D eigenvalue weighted by Crippen LogP contribution is 2.24. The van der Waals surface area contributed by atoms with Crippen LogP contribution in [0.4, 0.5) is 0 Å². The Labute approximate surface area is 65.8 Å². The summed E-state index contributed by atoms with van der Waals surface area (Å²) in [4.78, 5) is 27.0. The number of nitrogens with two attached hydrogens (primary N) is 1. The lowest BCUT2D eigenvalue weighted by Crippen LogP contribution is -2.29. The number of aliphatic carboxylic acids is 1. The number of rotatable bonds is 5. The predicted molar refractivity (Wildman–Crippen MR) is 41.1 cm³/mol. The maximum atomic E-state index is 10.1. The summed E-state index contributed by atoms with van der Waals surface area (Å²) in [5.41, 5.74) is 5.15. The van der Waals surface area contributed by atoms with Gasteiger partial charge in [-0.05, 0) is 12.8 Å². The molecule has 0 aromatic rings. The summed E-state index contributed by atoms with van der Waals surface area (Å²) >= 11 is 0. The fourth-order valence-corrected chi connectivity index (χ4v) is 1.04. The number of hydrogen-bond donors (Lipinski definition) is 4. The molecule has 0 aromatic heterocycles. The third-order valence-corrected chi connectivity index (χ3v) is 1.91. The minimum Gasteiger partial charge on any atom is -0.480 e. The molecule has 66 valence electrons. The van der Waals surface area contributed by atoms with Gasteiger partial charge in [0.2, 0.25) is 0 Å². The van der Waals surface area contributed by atoms with E-state index in [1.165, 1.54) is 0 Å². The van der Waals surface area contributed by atoms with Gasteiger partial charge in [0.1, 0.15) is 6.04 Å². The summed E-state index contributed by atoms with van der Waals surface area (Å²) in [5.74, 6) is -1.05. The zero-order valence-corrected chi connectivity index (χ0v) is 6.87. The van der Waals surface area contributed by atoms with Gasteiger partial charge in [-0.3, -0.25) is 4.79 Å². The van der Waals surface area contributed by atoms with Crippen molar-refractivity contribution in [1.82, 2.24) is 0 Å². The van der Waals surface area contributed by atoms with E-state index in [-0.39, 0.29) is 12.6 Å². The van der Waals surface area contributed by atoms with Crippen LogP contribution in [0.2, 0.25) is 0 Å². The van der Waals surface area contributed by atoms with Crippen molar-refractivity contribution in [1.29, 1.82) is 0 Å². The van der Waals surface area contributed by atoms with Crippen molar-refractivity contribution < 1.29 is 19.7 Å². The van der Waals surface area contributed by atoms with Crippen LogP contribution in [0, 0.1) is 0 Å². The average Bonchev–Trinajstić information content (AvgIpc) is 1.86. The van der Waals surface area contributed by atoms with Gasteiger partial charge in [-0.15, -0.1) is 0 Å². The standard InChI is InChI=1S/C5H12NO4P/c6-4(5(7)8)2-1-3-11(9)10/h4,9-10H,1-3,6H2,(H,7,8)/t4-/m0/s1. The van der Waals surface area contributed by atoms with E-state index in [1.54, 1.807) is 0 Å². The van der Waals surface area contributed by atoms with E-state index in [9.17, 15) is 4.79 Å². The molecule has 0 aliphatic heterocycles. The molecule has 6 heteroatoms. The highest BCUT2D eigenvalue weighted by molar-refractivity contribution is 7.45. The Morgan fingerprint density at radius 3 is 2.45 bits per heavy atom. The number of carboxylic acids is 1. The van der Waals surface area contributed by atoms with Gasteiger partial charge in [0.25, 0.3) is 0 Å². The Bertz CT molecular complexity index is 130. The molecular weight excluding hydrogens is 169 g/mol. The first-order valence-corrected chi connectivity index (χ1v) is 4.61. The van der Waals surface area contributed by atoms with E-state index in [0.717, 1.165) is 0 Å². The Balaban J connectivity index is 3.31. The SMILES string of the molecule is N[C@@H](CCCP(O)O)C(=O)O. The quantitative estimate of drug-likeness (QED) is 0.427. The van der Waals surface area contributed by atoms with Crippen LogP contribution in [0.1, 0.15) is 12.8 Å². The molecule has 11 heavy (non-hydrogen) atoms. The number of carbonyl (C=O) groups is 1. The molecule has 0 saturated carbocycles. The Kier molecular flexibility index (Phi) is 5.32. The first-order valence-electron chi connectivity index (χ1n) is 3.17. The molecule has 0 spiro atoms. The molecule has 0 unspecified atom stereocenters. The number of hydrogen-bond acceptors (Lipinski definition) is 4. The van der Waals surface area contributed by atoms with Gasteiger partial charge in [0, 0.05) is 6.16 Å². The normalized spacial score (nSPS) is 13.5. The van der Waals surface area contributed by atoms with Crippen LogP contribution in [0.3, 0.4) is 0 Å². The van der Waals surface area contributed by atoms with E-state index in [2.05, 4.69) is 0 Å². The third kappa shape index (κ3) is 6.19. The molecular formula is C5H12NO4P. The van der Waals surface area contributed by atoms with Gasteiger partial charge in [0.15, 0.2) is 8.38 Å². The maximum absolute atomic E-state index is 10.1. The average molecular weight is 181 g/mol. The van der Waals surface area contributed by atoms with E-state index >= 15 is 0 Å². The second kappa shape index (κ2) is 5.43. The molecule has 0 saturated heterocycles. The topological polar surface area (TPSA) is 104 Å². The van der Waals surface area contributed by atoms with Crippen molar-refractivity contribution in [3.8, 4) is 0 Å². The molecule has 0 rings (SSSR count). The van der Waals surface area contributed by atoms with Gasteiger partial charge >= 0.3 is 5.97 Å². The van der Waals surface area contributed by atoms with Crippen LogP contribution < -0.4 is 5.73 Å². The fraction of sp³-hybridized carbons (Fsp3) is 0.800. The van der Waals surface area contributed by atoms with Crippen molar-refractivity contribution >= 4 is 14.3 Å². The summed E-state index contributed by atoms with van der Waals surface area (Å²) in [7, 11) is -1.90. The monoisotopic (exact) mass is 181 g/mol. The Hall–Kier alpha value is -0.220. The maximum Gasteiger partial charge on any atom is 0.320 e. The largest absolute Gasteiger partial charge is 0.480 e. The van der Waals surface area contributed by atoms with Crippen molar-refractivity contribution in [2.45, 2.75) is 18.9 Å². The molecule has 0 bridgehead atoms. The zero-order valence-electron chi connectivity index (χ0n) is 5.97. The summed E-state index contributed by atoms with van der Waals surface area (Å²) in [6.45, 7) is 0. The smallest absolute Gasteiger partial charge is 0.320 e. The predicted octanol–water partition coefficient (Wildman–Crippen LogP) is -0.525.